The fraction of sp³-hybridized carbons (Fsp3) is 0.222. The van der Waals surface area contributed by atoms with Crippen LogP contribution in [0.3, 0.4) is 0 Å². The van der Waals surface area contributed by atoms with Gasteiger partial charge in [-0.05, 0) is 54.4 Å². The molecular weight excluding hydrogens is 621 g/mol. The molecule has 2 atom stereocenters. The lowest BCUT2D eigenvalue weighted by Crippen LogP contribution is -2.18. The number of carbonyl (C=O) groups is 3. The Morgan fingerprint density at radius 3 is 2.15 bits per heavy atom. The molecule has 3 aromatic rings. The zero-order chi connectivity index (χ0) is 28.8. The van der Waals surface area contributed by atoms with Crippen molar-refractivity contribution in [1.29, 1.82) is 0 Å². The molecule has 4 nitrogen and oxygen atoms in total. The molecule has 0 aromatic heterocycles. The maximum atomic E-state index is 14.8. The van der Waals surface area contributed by atoms with Gasteiger partial charge in [0.1, 0.15) is 27.6 Å². The lowest BCUT2D eigenvalue weighted by molar-refractivity contribution is -0.117. The molecule has 1 saturated carbocycles. The first-order chi connectivity index (χ1) is 18.2. The number of hydrogen-bond donors (Lipinski definition) is 1. The summed E-state index contributed by atoms with van der Waals surface area (Å²) in [5, 5.41) is 2.57. The van der Waals surface area contributed by atoms with Crippen molar-refractivity contribution in [2.75, 3.05) is 5.32 Å². The number of alkyl halides is 2. The molecular formula is C27H17Cl5F3NO3. The fourth-order valence-electron chi connectivity index (χ4n) is 4.37. The number of benzene rings is 3. The third-order valence-corrected chi connectivity index (χ3v) is 7.98. The highest BCUT2D eigenvalue weighted by Gasteiger charge is 2.67. The van der Waals surface area contributed by atoms with Gasteiger partial charge < -0.3 is 5.32 Å². The third kappa shape index (κ3) is 6.23. The average Bonchev–Trinajstić information content (AvgIpc) is 3.42. The number of rotatable bonds is 8. The van der Waals surface area contributed by atoms with Crippen molar-refractivity contribution in [3.05, 3.63) is 97.2 Å². The van der Waals surface area contributed by atoms with Crippen molar-refractivity contribution in [2.45, 2.75) is 30.0 Å². The Kier molecular flexibility index (Phi) is 8.60. The Hall–Kier alpha value is -2.29. The summed E-state index contributed by atoms with van der Waals surface area (Å²) in [6.45, 7) is 1.17. The molecule has 12 heteroatoms. The van der Waals surface area contributed by atoms with E-state index in [1.807, 2.05) is 0 Å². The summed E-state index contributed by atoms with van der Waals surface area (Å²) in [5.41, 5.74) is -0.626. The Morgan fingerprint density at radius 2 is 1.54 bits per heavy atom. The zero-order valence-corrected chi connectivity index (χ0v) is 23.6. The lowest BCUT2D eigenvalue weighted by atomic mass is 9.98. The monoisotopic (exact) mass is 635 g/mol. The molecule has 1 fully saturated rings. The molecule has 0 bridgehead atoms. The van der Waals surface area contributed by atoms with Crippen molar-refractivity contribution in [2.24, 2.45) is 5.92 Å². The number of halogens is 8. The summed E-state index contributed by atoms with van der Waals surface area (Å²) in [4.78, 5) is 37.4. The molecule has 0 aliphatic heterocycles. The number of hydrogen-bond acceptors (Lipinski definition) is 3. The predicted molar refractivity (Wildman–Crippen MR) is 146 cm³/mol. The van der Waals surface area contributed by atoms with Crippen LogP contribution in [0.1, 0.15) is 39.9 Å². The van der Waals surface area contributed by atoms with Gasteiger partial charge in [-0.2, -0.15) is 0 Å². The van der Waals surface area contributed by atoms with Crippen LogP contribution >= 0.6 is 58.0 Å². The van der Waals surface area contributed by atoms with Crippen molar-refractivity contribution < 1.29 is 27.6 Å². The van der Waals surface area contributed by atoms with E-state index in [0.29, 0.717) is 15.6 Å². The molecule has 1 aliphatic rings. The number of anilines is 1. The lowest BCUT2D eigenvalue weighted by Gasteiger charge is -2.12. The minimum atomic E-state index is -1.50. The molecule has 1 amide bonds. The second-order valence-electron chi connectivity index (χ2n) is 9.12. The fourth-order valence-corrected chi connectivity index (χ4v) is 5.95. The van der Waals surface area contributed by atoms with Gasteiger partial charge >= 0.3 is 0 Å². The van der Waals surface area contributed by atoms with E-state index >= 15 is 0 Å². The number of nitrogens with one attached hydrogen (secondary N) is 1. The van der Waals surface area contributed by atoms with E-state index in [1.165, 1.54) is 13.0 Å². The van der Waals surface area contributed by atoms with Gasteiger partial charge in [-0.3, -0.25) is 14.4 Å². The van der Waals surface area contributed by atoms with Crippen molar-refractivity contribution in [3.8, 4) is 0 Å². The summed E-state index contributed by atoms with van der Waals surface area (Å²) in [6, 6.07) is 8.66. The molecule has 0 radical (unpaired) electrons. The molecule has 0 heterocycles. The van der Waals surface area contributed by atoms with E-state index < -0.39 is 74.5 Å². The summed E-state index contributed by atoms with van der Waals surface area (Å²) in [6.07, 6.45) is -1.11. The molecule has 39 heavy (non-hydrogen) atoms. The number of amides is 1. The van der Waals surface area contributed by atoms with Crippen LogP contribution in [0.5, 0.6) is 0 Å². The third-order valence-electron chi connectivity index (χ3n) is 6.22. The maximum Gasteiger partial charge on any atom is 0.231 e. The molecule has 0 spiro atoms. The highest BCUT2D eigenvalue weighted by Crippen LogP contribution is 2.65. The van der Waals surface area contributed by atoms with E-state index in [-0.39, 0.29) is 16.8 Å². The standard InChI is InChI=1S/C27H17Cl5F3NO3/c1-11(37)4-17-19(33)3-2-12(25(17)35)7-21(38)18-9-16(10-20(34)24(18)30)36-26(39)23-22(27(23,31)32)13-5-14(28)8-15(29)6-13/h2-3,5-6,8-10,22-23H,4,7H2,1H3,(H,36,39)/t22-,23+/m0/s1. The van der Waals surface area contributed by atoms with Crippen LogP contribution in [0.2, 0.25) is 15.1 Å². The van der Waals surface area contributed by atoms with Crippen molar-refractivity contribution in [3.63, 3.8) is 0 Å². The van der Waals surface area contributed by atoms with E-state index in [0.717, 1.165) is 24.3 Å². The zero-order valence-electron chi connectivity index (χ0n) is 19.9. The first-order valence-electron chi connectivity index (χ1n) is 11.3. The van der Waals surface area contributed by atoms with Crippen LogP contribution in [-0.4, -0.2) is 21.8 Å². The van der Waals surface area contributed by atoms with E-state index in [4.69, 9.17) is 58.0 Å². The van der Waals surface area contributed by atoms with Gasteiger partial charge in [0, 0.05) is 45.6 Å². The Labute approximate surface area is 246 Å². The van der Waals surface area contributed by atoms with Crippen molar-refractivity contribution in [1.82, 2.24) is 0 Å². The van der Waals surface area contributed by atoms with Crippen LogP contribution < -0.4 is 5.32 Å². The SMILES string of the molecule is CC(=O)Cc1c(F)ccc(CC(=O)c2cc(NC(=O)[C@H]3[C@H](c4cc(Cl)cc(Cl)c4)C3(Cl)Cl)cc(F)c2Cl)c1F. The van der Waals surface area contributed by atoms with Gasteiger partial charge in [0.05, 0.1) is 10.9 Å². The second kappa shape index (κ2) is 11.3. The number of carbonyl (C=O) groups excluding carboxylic acids is 3. The van der Waals surface area contributed by atoms with Gasteiger partial charge in [0.2, 0.25) is 5.91 Å². The molecule has 3 aromatic carbocycles. The number of ketones is 2. The van der Waals surface area contributed by atoms with Gasteiger partial charge in [0.25, 0.3) is 0 Å². The van der Waals surface area contributed by atoms with Gasteiger partial charge in [-0.25, -0.2) is 13.2 Å². The smallest absolute Gasteiger partial charge is 0.231 e. The quantitative estimate of drug-likeness (QED) is 0.200. The average molecular weight is 638 g/mol. The van der Waals surface area contributed by atoms with Crippen LogP contribution in [0.4, 0.5) is 18.9 Å². The van der Waals surface area contributed by atoms with E-state index in [1.54, 1.807) is 12.1 Å². The van der Waals surface area contributed by atoms with Crippen molar-refractivity contribution >= 4 is 81.2 Å². The molecule has 1 N–H and O–H groups in total. The Morgan fingerprint density at radius 1 is 0.897 bits per heavy atom. The normalized spacial score (nSPS) is 17.6. The second-order valence-corrected chi connectivity index (χ2v) is 11.8. The minimum Gasteiger partial charge on any atom is -0.326 e. The highest BCUT2D eigenvalue weighted by molar-refractivity contribution is 6.53. The van der Waals surface area contributed by atoms with Crippen LogP contribution in [0.25, 0.3) is 0 Å². The molecule has 204 valence electrons. The summed E-state index contributed by atoms with van der Waals surface area (Å²) >= 11 is 30.8. The van der Waals surface area contributed by atoms with Crippen LogP contribution in [0, 0.1) is 23.4 Å². The predicted octanol–water partition coefficient (Wildman–Crippen LogP) is 8.15. The van der Waals surface area contributed by atoms with Gasteiger partial charge in [0.15, 0.2) is 5.78 Å². The molecule has 0 saturated heterocycles. The molecule has 0 unspecified atom stereocenters. The van der Waals surface area contributed by atoms with E-state index in [2.05, 4.69) is 5.32 Å². The first kappa shape index (κ1) is 29.7. The Bertz CT molecular complexity index is 1510. The summed E-state index contributed by atoms with van der Waals surface area (Å²) in [7, 11) is 0. The number of Topliss-reactive ketones (excluding diaryl/α,β-unsaturated/α-hetero) is 2. The summed E-state index contributed by atoms with van der Waals surface area (Å²) < 4.78 is 42.0. The summed E-state index contributed by atoms with van der Waals surface area (Å²) in [5.74, 6) is -6.58. The topological polar surface area (TPSA) is 63.2 Å². The van der Waals surface area contributed by atoms with E-state index in [9.17, 15) is 27.6 Å². The first-order valence-corrected chi connectivity index (χ1v) is 13.2. The van der Waals surface area contributed by atoms with Gasteiger partial charge in [-0.1, -0.05) is 40.9 Å². The Balaban J connectivity index is 1.57. The highest BCUT2D eigenvalue weighted by atomic mass is 35.5. The van der Waals surface area contributed by atoms with Crippen LogP contribution in [0.15, 0.2) is 42.5 Å². The van der Waals surface area contributed by atoms with Gasteiger partial charge in [-0.15, -0.1) is 23.2 Å². The molecule has 4 rings (SSSR count). The molecule has 1 aliphatic carbocycles. The minimum absolute atomic E-state index is 0.124. The largest absolute Gasteiger partial charge is 0.326 e. The van der Waals surface area contributed by atoms with Crippen LogP contribution in [-0.2, 0) is 22.4 Å². The maximum absolute atomic E-state index is 14.8.